The minimum atomic E-state index is -0.845. The molecule has 2 fully saturated rings. The average Bonchev–Trinajstić information content (AvgIpc) is 3.30. The Labute approximate surface area is 224 Å². The Kier molecular flexibility index (Phi) is 6.95. The topological polar surface area (TPSA) is 42.0 Å². The summed E-state index contributed by atoms with van der Waals surface area (Å²) >= 11 is 0. The van der Waals surface area contributed by atoms with Crippen molar-refractivity contribution in [2.75, 3.05) is 26.2 Å². The van der Waals surface area contributed by atoms with Gasteiger partial charge in [0.2, 0.25) is 0 Å². The predicted octanol–water partition coefficient (Wildman–Crippen LogP) is 5.70. The van der Waals surface area contributed by atoms with Crippen LogP contribution in [0.2, 0.25) is 0 Å². The number of nitrogens with zero attached hydrogens (tertiary/aromatic N) is 2. The second-order valence-corrected chi connectivity index (χ2v) is 9.99. The van der Waals surface area contributed by atoms with E-state index in [9.17, 15) is 4.79 Å². The van der Waals surface area contributed by atoms with Crippen LogP contribution in [0.5, 0.6) is 0 Å². The molecule has 0 aliphatic carbocycles. The highest BCUT2D eigenvalue weighted by atomic mass is 16.6. The van der Waals surface area contributed by atoms with Crippen LogP contribution in [0.15, 0.2) is 121 Å². The molecule has 0 N–H and O–H groups in total. The Hall–Kier alpha value is -3.93. The number of benzene rings is 4. The van der Waals surface area contributed by atoms with Gasteiger partial charge in [0.25, 0.3) is 0 Å². The van der Waals surface area contributed by atoms with Crippen LogP contribution in [0.3, 0.4) is 0 Å². The van der Waals surface area contributed by atoms with Gasteiger partial charge in [-0.2, -0.15) is 0 Å². The van der Waals surface area contributed by atoms with Gasteiger partial charge in [0.1, 0.15) is 11.7 Å². The zero-order valence-corrected chi connectivity index (χ0v) is 21.4. The van der Waals surface area contributed by atoms with Crippen LogP contribution in [0.4, 0.5) is 4.79 Å². The number of carbonyl (C=O) groups excluding carboxylic acids is 1. The van der Waals surface area contributed by atoms with E-state index in [1.54, 1.807) is 0 Å². The first kappa shape index (κ1) is 24.4. The number of hydrogen-bond donors (Lipinski definition) is 0. The standard InChI is InChI=1S/C33H32N2O3/c36-32-35-22-21-34(23-26-13-5-1-6-14-26)24-30(35)31(38-32)25-37-33(27-15-7-2-8-16-27,28-17-9-3-10-18-28)29-19-11-4-12-20-29/h1-20,30-31H,21-25H2/t30-,31-/m1/s1. The molecule has 0 radical (unpaired) electrons. The van der Waals surface area contributed by atoms with E-state index in [0.717, 1.165) is 36.3 Å². The molecule has 2 aliphatic rings. The summed E-state index contributed by atoms with van der Waals surface area (Å²) in [6.45, 7) is 3.38. The summed E-state index contributed by atoms with van der Waals surface area (Å²) in [6, 6.07) is 41.4. The van der Waals surface area contributed by atoms with E-state index in [0.29, 0.717) is 6.54 Å². The van der Waals surface area contributed by atoms with Crippen molar-refractivity contribution >= 4 is 6.09 Å². The molecule has 5 nitrogen and oxygen atoms in total. The Morgan fingerprint density at radius 2 is 1.21 bits per heavy atom. The number of carbonyl (C=O) groups is 1. The Morgan fingerprint density at radius 1 is 0.711 bits per heavy atom. The van der Waals surface area contributed by atoms with Gasteiger partial charge in [0.15, 0.2) is 0 Å². The summed E-state index contributed by atoms with van der Waals surface area (Å²) in [5.41, 5.74) is 3.53. The SMILES string of the molecule is O=C1O[C@H](COC(c2ccccc2)(c2ccccc2)c2ccccc2)[C@H]2CN(Cc3ccccc3)CCN12. The maximum Gasteiger partial charge on any atom is 0.410 e. The molecule has 4 aromatic rings. The van der Waals surface area contributed by atoms with Gasteiger partial charge >= 0.3 is 6.09 Å². The van der Waals surface area contributed by atoms with Gasteiger partial charge in [-0.25, -0.2) is 4.79 Å². The lowest BCUT2D eigenvalue weighted by atomic mass is 9.80. The Balaban J connectivity index is 1.31. The van der Waals surface area contributed by atoms with Crippen LogP contribution in [0, 0.1) is 0 Å². The van der Waals surface area contributed by atoms with Crippen molar-refractivity contribution in [1.29, 1.82) is 0 Å². The van der Waals surface area contributed by atoms with Crippen molar-refractivity contribution in [1.82, 2.24) is 9.80 Å². The molecule has 192 valence electrons. The Bertz CT molecular complexity index is 1240. The van der Waals surface area contributed by atoms with Crippen molar-refractivity contribution < 1.29 is 14.3 Å². The normalized spacial score (nSPS) is 19.7. The molecule has 0 spiro atoms. The lowest BCUT2D eigenvalue weighted by molar-refractivity contribution is -0.0424. The molecule has 6 rings (SSSR count). The zero-order chi connectivity index (χ0) is 25.8. The summed E-state index contributed by atoms with van der Waals surface area (Å²) in [5, 5.41) is 0. The third-order valence-corrected chi connectivity index (χ3v) is 7.67. The van der Waals surface area contributed by atoms with Crippen molar-refractivity contribution in [3.63, 3.8) is 0 Å². The maximum absolute atomic E-state index is 12.8. The van der Waals surface area contributed by atoms with E-state index in [4.69, 9.17) is 9.47 Å². The van der Waals surface area contributed by atoms with Gasteiger partial charge in [0, 0.05) is 26.2 Å². The van der Waals surface area contributed by atoms with Gasteiger partial charge in [0.05, 0.1) is 12.6 Å². The maximum atomic E-state index is 12.8. The zero-order valence-electron chi connectivity index (χ0n) is 21.4. The number of cyclic esters (lactones) is 1. The van der Waals surface area contributed by atoms with Gasteiger partial charge < -0.3 is 9.47 Å². The van der Waals surface area contributed by atoms with Gasteiger partial charge in [-0.3, -0.25) is 9.80 Å². The number of rotatable bonds is 8. The third-order valence-electron chi connectivity index (χ3n) is 7.67. The first-order chi connectivity index (χ1) is 18.7. The number of fused-ring (bicyclic) bond motifs is 1. The largest absolute Gasteiger partial charge is 0.441 e. The molecule has 1 amide bonds. The predicted molar refractivity (Wildman–Crippen MR) is 148 cm³/mol. The highest BCUT2D eigenvalue weighted by molar-refractivity contribution is 5.71. The number of amides is 1. The number of piperazine rings is 1. The van der Waals surface area contributed by atoms with Crippen LogP contribution in [-0.4, -0.2) is 54.3 Å². The van der Waals surface area contributed by atoms with Crippen molar-refractivity contribution in [2.45, 2.75) is 24.3 Å². The van der Waals surface area contributed by atoms with Crippen molar-refractivity contribution in [3.8, 4) is 0 Å². The third kappa shape index (κ3) is 4.71. The van der Waals surface area contributed by atoms with Crippen LogP contribution in [-0.2, 0) is 21.6 Å². The molecule has 2 heterocycles. The number of ether oxygens (including phenoxy) is 2. The first-order valence-corrected chi connectivity index (χ1v) is 13.3. The van der Waals surface area contributed by atoms with E-state index < -0.39 is 5.60 Å². The van der Waals surface area contributed by atoms with Gasteiger partial charge in [-0.15, -0.1) is 0 Å². The number of hydrogen-bond acceptors (Lipinski definition) is 4. The molecular weight excluding hydrogens is 472 g/mol. The monoisotopic (exact) mass is 504 g/mol. The summed E-state index contributed by atoms with van der Waals surface area (Å²) in [4.78, 5) is 17.1. The second kappa shape index (κ2) is 10.8. The molecule has 0 unspecified atom stereocenters. The second-order valence-electron chi connectivity index (χ2n) is 9.99. The summed E-state index contributed by atoms with van der Waals surface area (Å²) in [6.07, 6.45) is -0.607. The van der Waals surface area contributed by atoms with E-state index >= 15 is 0 Å². The Morgan fingerprint density at radius 3 is 1.74 bits per heavy atom. The highest BCUT2D eigenvalue weighted by Gasteiger charge is 2.47. The molecular formula is C33H32N2O3. The van der Waals surface area contributed by atoms with Crippen LogP contribution < -0.4 is 0 Å². The van der Waals surface area contributed by atoms with Crippen LogP contribution >= 0.6 is 0 Å². The van der Waals surface area contributed by atoms with Gasteiger partial charge in [-0.05, 0) is 22.3 Å². The molecule has 2 atom stereocenters. The van der Waals surface area contributed by atoms with E-state index in [2.05, 4.69) is 65.6 Å². The summed E-state index contributed by atoms with van der Waals surface area (Å²) in [7, 11) is 0. The van der Waals surface area contributed by atoms with Crippen LogP contribution in [0.1, 0.15) is 22.3 Å². The molecule has 2 aliphatic heterocycles. The molecule has 5 heteroatoms. The van der Waals surface area contributed by atoms with E-state index in [1.165, 1.54) is 5.56 Å². The van der Waals surface area contributed by atoms with E-state index in [1.807, 2.05) is 65.6 Å². The highest BCUT2D eigenvalue weighted by Crippen LogP contribution is 2.41. The molecule has 38 heavy (non-hydrogen) atoms. The minimum absolute atomic E-state index is 0.0556. The summed E-state index contributed by atoms with van der Waals surface area (Å²) in [5.74, 6) is 0. The fourth-order valence-corrected chi connectivity index (χ4v) is 5.80. The minimum Gasteiger partial charge on any atom is -0.441 e. The van der Waals surface area contributed by atoms with Crippen LogP contribution in [0.25, 0.3) is 0 Å². The quantitative estimate of drug-likeness (QED) is 0.289. The smallest absolute Gasteiger partial charge is 0.410 e. The fraction of sp³-hybridized carbons (Fsp3) is 0.242. The molecule has 0 bridgehead atoms. The molecule has 2 saturated heterocycles. The molecule has 0 saturated carbocycles. The van der Waals surface area contributed by atoms with Crippen molar-refractivity contribution in [3.05, 3.63) is 144 Å². The first-order valence-electron chi connectivity index (χ1n) is 13.3. The fourth-order valence-electron chi connectivity index (χ4n) is 5.80. The summed E-state index contributed by atoms with van der Waals surface area (Å²) < 4.78 is 12.9. The average molecular weight is 505 g/mol. The lowest BCUT2D eigenvalue weighted by Crippen LogP contribution is -2.54. The molecule has 4 aromatic carbocycles. The lowest BCUT2D eigenvalue weighted by Gasteiger charge is -2.39. The van der Waals surface area contributed by atoms with Crippen molar-refractivity contribution in [2.24, 2.45) is 0 Å². The molecule has 0 aromatic heterocycles. The van der Waals surface area contributed by atoms with Gasteiger partial charge in [-0.1, -0.05) is 121 Å². The van der Waals surface area contributed by atoms with E-state index in [-0.39, 0.29) is 24.8 Å².